The standard InChI is InChI=1S/C15H19F2NO3/c1-20-9-15(6-3-7-15)8-18-14(19)10-4-5-11(16)13(21-2)12(10)17/h4-5H,3,6-9H2,1-2H3,(H,18,19). The molecule has 116 valence electrons. The monoisotopic (exact) mass is 299 g/mol. The zero-order valence-electron chi connectivity index (χ0n) is 12.2. The van der Waals surface area contributed by atoms with Crippen molar-refractivity contribution in [2.24, 2.45) is 5.41 Å². The maximum absolute atomic E-state index is 14.0. The van der Waals surface area contributed by atoms with Gasteiger partial charge in [0.05, 0.1) is 19.3 Å². The smallest absolute Gasteiger partial charge is 0.254 e. The Morgan fingerprint density at radius 2 is 2.05 bits per heavy atom. The van der Waals surface area contributed by atoms with Crippen LogP contribution >= 0.6 is 0 Å². The average molecular weight is 299 g/mol. The van der Waals surface area contributed by atoms with Gasteiger partial charge in [-0.1, -0.05) is 6.42 Å². The topological polar surface area (TPSA) is 47.6 Å². The molecule has 0 heterocycles. The largest absolute Gasteiger partial charge is 0.491 e. The molecule has 0 spiro atoms. The summed E-state index contributed by atoms with van der Waals surface area (Å²) in [6, 6.07) is 2.14. The number of carbonyl (C=O) groups is 1. The minimum Gasteiger partial charge on any atom is -0.491 e. The van der Waals surface area contributed by atoms with Crippen molar-refractivity contribution in [1.82, 2.24) is 5.32 Å². The lowest BCUT2D eigenvalue weighted by Gasteiger charge is -2.41. The molecule has 0 aliphatic heterocycles. The summed E-state index contributed by atoms with van der Waals surface area (Å²) < 4.78 is 37.1. The molecule has 1 N–H and O–H groups in total. The van der Waals surface area contributed by atoms with Gasteiger partial charge in [-0.3, -0.25) is 4.79 Å². The van der Waals surface area contributed by atoms with Crippen LogP contribution in [0.25, 0.3) is 0 Å². The first-order valence-electron chi connectivity index (χ1n) is 6.82. The molecule has 1 fully saturated rings. The molecule has 1 aliphatic rings. The Bertz CT molecular complexity index is 530. The van der Waals surface area contributed by atoms with Crippen LogP contribution in [0.1, 0.15) is 29.6 Å². The van der Waals surface area contributed by atoms with E-state index in [1.807, 2.05) is 0 Å². The Hall–Kier alpha value is -1.69. The van der Waals surface area contributed by atoms with Crippen LogP contribution in [0.5, 0.6) is 5.75 Å². The lowest BCUT2D eigenvalue weighted by Crippen LogP contribution is -2.45. The molecule has 1 saturated carbocycles. The Morgan fingerprint density at radius 3 is 2.57 bits per heavy atom. The van der Waals surface area contributed by atoms with E-state index in [1.165, 1.54) is 0 Å². The highest BCUT2D eigenvalue weighted by Gasteiger charge is 2.37. The minimum atomic E-state index is -0.982. The highest BCUT2D eigenvalue weighted by Crippen LogP contribution is 2.40. The molecule has 0 radical (unpaired) electrons. The van der Waals surface area contributed by atoms with Gasteiger partial charge in [-0.2, -0.15) is 0 Å². The first-order chi connectivity index (χ1) is 10.0. The molecule has 1 aromatic rings. The predicted molar refractivity (Wildman–Crippen MR) is 73.4 cm³/mol. The SMILES string of the molecule is COCC1(CNC(=O)c2ccc(F)c(OC)c2F)CCC1. The molecule has 0 bridgehead atoms. The minimum absolute atomic E-state index is 0.0645. The first-order valence-corrected chi connectivity index (χ1v) is 6.82. The number of ether oxygens (including phenoxy) is 2. The Morgan fingerprint density at radius 1 is 1.33 bits per heavy atom. The molecule has 0 atom stereocenters. The summed E-state index contributed by atoms with van der Waals surface area (Å²) in [6.07, 6.45) is 3.03. The van der Waals surface area contributed by atoms with E-state index in [4.69, 9.17) is 4.74 Å². The zero-order valence-corrected chi connectivity index (χ0v) is 12.2. The highest BCUT2D eigenvalue weighted by molar-refractivity contribution is 5.95. The summed E-state index contributed by atoms with van der Waals surface area (Å²) in [7, 11) is 2.78. The Kier molecular flexibility index (Phi) is 4.77. The van der Waals surface area contributed by atoms with E-state index in [0.717, 1.165) is 38.5 Å². The van der Waals surface area contributed by atoms with Crippen LogP contribution in [-0.2, 0) is 4.74 Å². The van der Waals surface area contributed by atoms with Gasteiger partial charge in [0.15, 0.2) is 17.4 Å². The van der Waals surface area contributed by atoms with E-state index in [9.17, 15) is 13.6 Å². The molecule has 0 saturated heterocycles. The van der Waals surface area contributed by atoms with Gasteiger partial charge in [-0.05, 0) is 25.0 Å². The van der Waals surface area contributed by atoms with Gasteiger partial charge in [-0.15, -0.1) is 0 Å². The van der Waals surface area contributed by atoms with Crippen LogP contribution < -0.4 is 10.1 Å². The van der Waals surface area contributed by atoms with Gasteiger partial charge >= 0.3 is 0 Å². The third-order valence-electron chi connectivity index (χ3n) is 3.99. The second-order valence-corrected chi connectivity index (χ2v) is 5.41. The second kappa shape index (κ2) is 6.39. The van der Waals surface area contributed by atoms with E-state index in [2.05, 4.69) is 10.1 Å². The van der Waals surface area contributed by atoms with Crippen molar-refractivity contribution in [3.05, 3.63) is 29.3 Å². The molecular weight excluding hydrogens is 280 g/mol. The zero-order chi connectivity index (χ0) is 15.5. The molecule has 21 heavy (non-hydrogen) atoms. The second-order valence-electron chi connectivity index (χ2n) is 5.41. The lowest BCUT2D eigenvalue weighted by molar-refractivity contribution is 0.0179. The Labute approximate surface area is 122 Å². The van der Waals surface area contributed by atoms with Gasteiger partial charge in [0.25, 0.3) is 5.91 Å². The van der Waals surface area contributed by atoms with Gasteiger partial charge in [0, 0.05) is 19.1 Å². The third kappa shape index (κ3) is 3.15. The molecule has 2 rings (SSSR count). The van der Waals surface area contributed by atoms with Crippen molar-refractivity contribution < 1.29 is 23.0 Å². The number of rotatable bonds is 6. The summed E-state index contributed by atoms with van der Waals surface area (Å²) >= 11 is 0. The van der Waals surface area contributed by atoms with Crippen molar-refractivity contribution in [1.29, 1.82) is 0 Å². The number of carbonyl (C=O) groups excluding carboxylic acids is 1. The molecule has 0 unspecified atom stereocenters. The van der Waals surface area contributed by atoms with E-state index in [0.29, 0.717) is 13.2 Å². The van der Waals surface area contributed by atoms with Crippen LogP contribution in [0, 0.1) is 17.0 Å². The fraction of sp³-hybridized carbons (Fsp3) is 0.533. The molecule has 6 heteroatoms. The maximum atomic E-state index is 14.0. The summed E-state index contributed by atoms with van der Waals surface area (Å²) in [5.41, 5.74) is -0.287. The summed E-state index contributed by atoms with van der Waals surface area (Å²) in [5.74, 6) is -2.93. The van der Waals surface area contributed by atoms with Crippen molar-refractivity contribution in [2.75, 3.05) is 27.4 Å². The number of hydrogen-bond acceptors (Lipinski definition) is 3. The number of halogens is 2. The third-order valence-corrected chi connectivity index (χ3v) is 3.99. The summed E-state index contributed by atoms with van der Waals surface area (Å²) in [5, 5.41) is 2.70. The number of amides is 1. The first kappa shape index (κ1) is 15.7. The Balaban J connectivity index is 2.07. The van der Waals surface area contributed by atoms with E-state index in [-0.39, 0.29) is 11.0 Å². The molecule has 4 nitrogen and oxygen atoms in total. The number of methoxy groups -OCH3 is 2. The maximum Gasteiger partial charge on any atom is 0.254 e. The number of hydrogen-bond donors (Lipinski definition) is 1. The van der Waals surface area contributed by atoms with Crippen LogP contribution in [0.4, 0.5) is 8.78 Å². The fourth-order valence-corrected chi connectivity index (χ4v) is 2.61. The summed E-state index contributed by atoms with van der Waals surface area (Å²) in [4.78, 5) is 12.1. The fourth-order valence-electron chi connectivity index (χ4n) is 2.61. The normalized spacial score (nSPS) is 16.2. The van der Waals surface area contributed by atoms with Gasteiger partial charge < -0.3 is 14.8 Å². The molecule has 1 aromatic carbocycles. The van der Waals surface area contributed by atoms with Gasteiger partial charge in [0.1, 0.15) is 0 Å². The number of benzene rings is 1. The van der Waals surface area contributed by atoms with E-state index >= 15 is 0 Å². The van der Waals surface area contributed by atoms with Crippen LogP contribution in [-0.4, -0.2) is 33.3 Å². The lowest BCUT2D eigenvalue weighted by atomic mass is 9.69. The predicted octanol–water partition coefficient (Wildman–Crippen LogP) is 2.52. The molecule has 1 amide bonds. The van der Waals surface area contributed by atoms with Gasteiger partial charge in [0.2, 0.25) is 0 Å². The van der Waals surface area contributed by atoms with Crippen molar-refractivity contribution in [3.63, 3.8) is 0 Å². The molecule has 1 aliphatic carbocycles. The van der Waals surface area contributed by atoms with Crippen LogP contribution in [0.2, 0.25) is 0 Å². The molecular formula is C15H19F2NO3. The number of nitrogens with one attached hydrogen (secondary N) is 1. The average Bonchev–Trinajstić information content (AvgIpc) is 2.42. The molecule has 0 aromatic heterocycles. The quantitative estimate of drug-likeness (QED) is 0.878. The highest BCUT2D eigenvalue weighted by atomic mass is 19.1. The van der Waals surface area contributed by atoms with E-state index in [1.54, 1.807) is 7.11 Å². The van der Waals surface area contributed by atoms with Crippen molar-refractivity contribution >= 4 is 5.91 Å². The van der Waals surface area contributed by atoms with Crippen LogP contribution in [0.3, 0.4) is 0 Å². The van der Waals surface area contributed by atoms with Crippen LogP contribution in [0.15, 0.2) is 12.1 Å². The van der Waals surface area contributed by atoms with E-state index < -0.39 is 23.3 Å². The van der Waals surface area contributed by atoms with Crippen molar-refractivity contribution in [2.45, 2.75) is 19.3 Å². The van der Waals surface area contributed by atoms with Gasteiger partial charge in [-0.25, -0.2) is 8.78 Å². The summed E-state index contributed by atoms with van der Waals surface area (Å²) in [6.45, 7) is 0.974. The van der Waals surface area contributed by atoms with Crippen molar-refractivity contribution in [3.8, 4) is 5.75 Å².